The second kappa shape index (κ2) is 6.64. The van der Waals surface area contributed by atoms with Gasteiger partial charge in [0.1, 0.15) is 18.0 Å². The van der Waals surface area contributed by atoms with Crippen LogP contribution < -0.4 is 5.73 Å². The fourth-order valence-corrected chi connectivity index (χ4v) is 2.60. The van der Waals surface area contributed by atoms with Crippen molar-refractivity contribution >= 4 is 11.8 Å². The number of hydrogen-bond donors (Lipinski definition) is 2. The van der Waals surface area contributed by atoms with Crippen molar-refractivity contribution in [3.63, 3.8) is 0 Å². The lowest BCUT2D eigenvalue weighted by Crippen LogP contribution is -2.02. The number of nitrogens with two attached hydrogens (primary N) is 1. The molecule has 0 aliphatic rings. The van der Waals surface area contributed by atoms with Crippen LogP contribution in [0.4, 0.5) is 10.2 Å². The number of nitrogen functional groups attached to an aromatic ring is 1. The van der Waals surface area contributed by atoms with Crippen molar-refractivity contribution in [3.8, 4) is 22.4 Å². The summed E-state index contributed by atoms with van der Waals surface area (Å²) in [6, 6.07) is 7.39. The molecule has 2 heterocycles. The molecule has 0 saturated carbocycles. The first kappa shape index (κ1) is 16.5. The van der Waals surface area contributed by atoms with E-state index < -0.39 is 11.8 Å². The van der Waals surface area contributed by atoms with Crippen LogP contribution in [-0.2, 0) is 6.42 Å². The molecule has 25 heavy (non-hydrogen) atoms. The number of carbonyl (C=O) groups is 1. The summed E-state index contributed by atoms with van der Waals surface area (Å²) < 4.78 is 14.1. The van der Waals surface area contributed by atoms with Crippen LogP contribution in [0.2, 0.25) is 0 Å². The summed E-state index contributed by atoms with van der Waals surface area (Å²) in [5, 5.41) is 8.98. The van der Waals surface area contributed by atoms with Gasteiger partial charge in [0.05, 0.1) is 17.0 Å². The Morgan fingerprint density at radius 1 is 1.16 bits per heavy atom. The zero-order valence-electron chi connectivity index (χ0n) is 13.4. The van der Waals surface area contributed by atoms with Crippen LogP contribution in [0.1, 0.15) is 23.0 Å². The smallest absolute Gasteiger partial charge is 0.338 e. The summed E-state index contributed by atoms with van der Waals surface area (Å²) >= 11 is 0. The average molecular weight is 338 g/mol. The molecule has 0 unspecified atom stereocenters. The lowest BCUT2D eigenvalue weighted by molar-refractivity contribution is 0.0692. The number of aryl methyl sites for hydroxylation is 1. The summed E-state index contributed by atoms with van der Waals surface area (Å²) in [5.41, 5.74) is 8.48. The number of nitrogens with zero attached hydrogens (tertiary/aromatic N) is 3. The summed E-state index contributed by atoms with van der Waals surface area (Å²) in [5.74, 6) is -1.75. The Balaban J connectivity index is 2.21. The third kappa shape index (κ3) is 3.16. The van der Waals surface area contributed by atoms with E-state index in [0.717, 1.165) is 16.8 Å². The zero-order valence-corrected chi connectivity index (χ0v) is 13.4. The molecular formula is C18H15FN4O2. The molecule has 1 aromatic carbocycles. The molecule has 7 heteroatoms. The van der Waals surface area contributed by atoms with E-state index >= 15 is 0 Å². The molecule has 0 bridgehead atoms. The Morgan fingerprint density at radius 2 is 1.92 bits per heavy atom. The van der Waals surface area contributed by atoms with Crippen molar-refractivity contribution in [2.24, 2.45) is 0 Å². The first-order chi connectivity index (χ1) is 12.0. The molecule has 3 N–H and O–H groups in total. The number of anilines is 1. The fourth-order valence-electron chi connectivity index (χ4n) is 2.60. The summed E-state index contributed by atoms with van der Waals surface area (Å²) in [6.07, 6.45) is 3.66. The Morgan fingerprint density at radius 3 is 2.52 bits per heavy atom. The van der Waals surface area contributed by atoms with E-state index in [4.69, 9.17) is 10.8 Å². The van der Waals surface area contributed by atoms with Gasteiger partial charge in [-0.1, -0.05) is 13.0 Å². The molecule has 126 valence electrons. The number of carboxylic acid groups (broad SMARTS) is 1. The summed E-state index contributed by atoms with van der Waals surface area (Å²) in [6.45, 7) is 1.95. The number of pyridine rings is 1. The highest BCUT2D eigenvalue weighted by Gasteiger charge is 2.17. The Labute approximate surface area is 143 Å². The average Bonchev–Trinajstić information content (AvgIpc) is 2.61. The molecule has 0 aliphatic carbocycles. The molecule has 0 amide bonds. The van der Waals surface area contributed by atoms with Crippen LogP contribution in [0.5, 0.6) is 0 Å². The standard InChI is InChI=1S/C18H15FN4O2/c1-2-14-16(11-4-6-15(20)21-8-11)17(23-9-22-14)10-3-5-12(18(24)25)13(19)7-10/h3-9H,2H2,1H3,(H2,20,21)(H,24,25). The van der Waals surface area contributed by atoms with Crippen LogP contribution >= 0.6 is 0 Å². The highest BCUT2D eigenvalue weighted by molar-refractivity contribution is 5.89. The number of aromatic carboxylic acids is 1. The third-order valence-corrected chi connectivity index (χ3v) is 3.81. The van der Waals surface area contributed by atoms with Gasteiger partial charge < -0.3 is 10.8 Å². The van der Waals surface area contributed by atoms with E-state index in [1.54, 1.807) is 18.3 Å². The molecule has 0 saturated heterocycles. The molecule has 2 aromatic heterocycles. The van der Waals surface area contributed by atoms with Gasteiger partial charge in [-0.2, -0.15) is 0 Å². The van der Waals surface area contributed by atoms with E-state index in [0.29, 0.717) is 23.5 Å². The molecular weight excluding hydrogens is 323 g/mol. The summed E-state index contributed by atoms with van der Waals surface area (Å²) in [7, 11) is 0. The minimum Gasteiger partial charge on any atom is -0.478 e. The molecule has 0 spiro atoms. The van der Waals surface area contributed by atoms with E-state index in [-0.39, 0.29) is 5.56 Å². The third-order valence-electron chi connectivity index (χ3n) is 3.81. The van der Waals surface area contributed by atoms with E-state index in [9.17, 15) is 9.18 Å². The molecule has 0 aliphatic heterocycles. The van der Waals surface area contributed by atoms with Crippen molar-refractivity contribution in [1.29, 1.82) is 0 Å². The Bertz CT molecular complexity index is 942. The molecule has 3 rings (SSSR count). The number of halogens is 1. The predicted octanol–water partition coefficient (Wildman–Crippen LogP) is 3.19. The van der Waals surface area contributed by atoms with Crippen molar-refractivity contribution in [2.75, 3.05) is 5.73 Å². The predicted molar refractivity (Wildman–Crippen MR) is 91.4 cm³/mol. The minimum absolute atomic E-state index is 0.385. The van der Waals surface area contributed by atoms with Crippen molar-refractivity contribution in [1.82, 2.24) is 15.0 Å². The first-order valence-corrected chi connectivity index (χ1v) is 7.60. The van der Waals surface area contributed by atoms with Gasteiger partial charge in [-0.25, -0.2) is 24.1 Å². The van der Waals surface area contributed by atoms with Crippen LogP contribution in [0, 0.1) is 5.82 Å². The van der Waals surface area contributed by atoms with Crippen LogP contribution in [0.15, 0.2) is 42.9 Å². The van der Waals surface area contributed by atoms with E-state index in [1.807, 2.05) is 6.92 Å². The van der Waals surface area contributed by atoms with E-state index in [1.165, 1.54) is 24.5 Å². The lowest BCUT2D eigenvalue weighted by atomic mass is 9.97. The lowest BCUT2D eigenvalue weighted by Gasteiger charge is -2.13. The summed E-state index contributed by atoms with van der Waals surface area (Å²) in [4.78, 5) is 23.7. The second-order valence-corrected chi connectivity index (χ2v) is 5.37. The van der Waals surface area contributed by atoms with Crippen LogP contribution in [0.25, 0.3) is 22.4 Å². The van der Waals surface area contributed by atoms with Crippen molar-refractivity contribution in [2.45, 2.75) is 13.3 Å². The van der Waals surface area contributed by atoms with Gasteiger partial charge in [0.25, 0.3) is 0 Å². The maximum atomic E-state index is 14.1. The largest absolute Gasteiger partial charge is 0.478 e. The van der Waals surface area contributed by atoms with Crippen LogP contribution in [0.3, 0.4) is 0 Å². The number of aromatic nitrogens is 3. The first-order valence-electron chi connectivity index (χ1n) is 7.60. The van der Waals surface area contributed by atoms with Gasteiger partial charge in [0.2, 0.25) is 0 Å². The monoisotopic (exact) mass is 338 g/mol. The highest BCUT2D eigenvalue weighted by Crippen LogP contribution is 2.33. The van der Waals surface area contributed by atoms with Crippen LogP contribution in [-0.4, -0.2) is 26.0 Å². The van der Waals surface area contributed by atoms with Gasteiger partial charge in [-0.05, 0) is 30.7 Å². The molecule has 0 radical (unpaired) electrons. The maximum absolute atomic E-state index is 14.1. The number of hydrogen-bond acceptors (Lipinski definition) is 5. The minimum atomic E-state index is -1.32. The fraction of sp³-hybridized carbons (Fsp3) is 0.111. The molecule has 3 aromatic rings. The van der Waals surface area contributed by atoms with Crippen molar-refractivity contribution < 1.29 is 14.3 Å². The molecule has 6 nitrogen and oxygen atoms in total. The second-order valence-electron chi connectivity index (χ2n) is 5.37. The normalized spacial score (nSPS) is 10.6. The van der Waals surface area contributed by atoms with Gasteiger partial charge in [-0.15, -0.1) is 0 Å². The van der Waals surface area contributed by atoms with Gasteiger partial charge in [0.15, 0.2) is 0 Å². The molecule has 0 fully saturated rings. The quantitative estimate of drug-likeness (QED) is 0.757. The Hall–Kier alpha value is -3.35. The number of carboxylic acids is 1. The zero-order chi connectivity index (χ0) is 18.0. The number of rotatable bonds is 4. The van der Waals surface area contributed by atoms with Gasteiger partial charge in [-0.3, -0.25) is 0 Å². The topological polar surface area (TPSA) is 102 Å². The maximum Gasteiger partial charge on any atom is 0.338 e. The SMILES string of the molecule is CCc1ncnc(-c2ccc(C(=O)O)c(F)c2)c1-c1ccc(N)nc1. The highest BCUT2D eigenvalue weighted by atomic mass is 19.1. The van der Waals surface area contributed by atoms with Gasteiger partial charge in [0, 0.05) is 22.9 Å². The van der Waals surface area contributed by atoms with E-state index in [2.05, 4.69) is 15.0 Å². The number of benzene rings is 1. The Kier molecular flexibility index (Phi) is 4.38. The van der Waals surface area contributed by atoms with Gasteiger partial charge >= 0.3 is 5.97 Å². The van der Waals surface area contributed by atoms with Crippen molar-refractivity contribution in [3.05, 3.63) is 59.9 Å². The molecule has 0 atom stereocenters.